The zero-order chi connectivity index (χ0) is 13.4. The van der Waals surface area contributed by atoms with Crippen molar-refractivity contribution in [2.75, 3.05) is 0 Å². The van der Waals surface area contributed by atoms with Crippen LogP contribution in [-0.2, 0) is 6.18 Å². The lowest BCUT2D eigenvalue weighted by Crippen LogP contribution is -2.41. The predicted molar refractivity (Wildman–Crippen MR) is 60.9 cm³/mol. The summed E-state index contributed by atoms with van der Waals surface area (Å²) in [6.07, 6.45) is -2.66. The Bertz CT molecular complexity index is 454. The van der Waals surface area contributed by atoms with Gasteiger partial charge in [-0.1, -0.05) is 0 Å². The summed E-state index contributed by atoms with van der Waals surface area (Å²) in [5, 5.41) is 10.9. The first-order valence-corrected chi connectivity index (χ1v) is 6.16. The molecular formula is C11H10F3NO2S. The maximum absolute atomic E-state index is 12.3. The third-order valence-electron chi connectivity index (χ3n) is 2.96. The number of hydrogen-bond acceptors (Lipinski definition) is 3. The molecule has 0 aromatic heterocycles. The molecule has 3 nitrogen and oxygen atoms in total. The van der Waals surface area contributed by atoms with Crippen LogP contribution in [0.5, 0.6) is 0 Å². The van der Waals surface area contributed by atoms with Crippen molar-refractivity contribution in [2.24, 2.45) is 0 Å². The minimum atomic E-state index is -4.37. The number of thioether (sulfide) groups is 1. The van der Waals surface area contributed by atoms with Crippen LogP contribution in [0.4, 0.5) is 13.2 Å². The number of halogens is 3. The van der Waals surface area contributed by atoms with Crippen LogP contribution in [0.15, 0.2) is 29.2 Å². The molecule has 1 saturated carbocycles. The number of nitrogens with zero attached hydrogens (tertiary/aromatic N) is 1. The largest absolute Gasteiger partial charge is 0.416 e. The second kappa shape index (κ2) is 4.46. The second-order valence-corrected chi connectivity index (χ2v) is 5.62. The van der Waals surface area contributed by atoms with Crippen LogP contribution in [0.3, 0.4) is 0 Å². The third-order valence-corrected chi connectivity index (χ3v) is 4.40. The molecule has 1 aromatic carbocycles. The molecule has 1 aromatic rings. The fourth-order valence-electron chi connectivity index (χ4n) is 1.73. The van der Waals surface area contributed by atoms with Gasteiger partial charge >= 0.3 is 6.18 Å². The van der Waals surface area contributed by atoms with Crippen LogP contribution in [0.25, 0.3) is 0 Å². The van der Waals surface area contributed by atoms with E-state index < -0.39 is 16.6 Å². The van der Waals surface area contributed by atoms with Crippen molar-refractivity contribution >= 4 is 11.8 Å². The topological polar surface area (TPSA) is 43.1 Å². The maximum Gasteiger partial charge on any atom is 0.416 e. The maximum atomic E-state index is 12.3. The van der Waals surface area contributed by atoms with Gasteiger partial charge < -0.3 is 0 Å². The molecule has 1 aliphatic carbocycles. The molecule has 0 aliphatic heterocycles. The van der Waals surface area contributed by atoms with Gasteiger partial charge in [0.2, 0.25) is 0 Å². The van der Waals surface area contributed by atoms with Gasteiger partial charge in [0.05, 0.1) is 5.56 Å². The molecular weight excluding hydrogens is 267 g/mol. The predicted octanol–water partition coefficient (Wildman–Crippen LogP) is 3.95. The summed E-state index contributed by atoms with van der Waals surface area (Å²) in [6, 6.07) is 4.48. The first-order valence-electron chi connectivity index (χ1n) is 5.34. The van der Waals surface area contributed by atoms with E-state index in [2.05, 4.69) is 0 Å². The molecule has 0 amide bonds. The highest BCUT2D eigenvalue weighted by atomic mass is 32.2. The van der Waals surface area contributed by atoms with Crippen molar-refractivity contribution in [1.82, 2.24) is 0 Å². The average Bonchev–Trinajstić information content (AvgIpc) is 2.22. The molecule has 0 bridgehead atoms. The molecule has 98 valence electrons. The molecule has 0 N–H and O–H groups in total. The fourth-order valence-corrected chi connectivity index (χ4v) is 3.01. The van der Waals surface area contributed by atoms with Crippen molar-refractivity contribution < 1.29 is 18.1 Å². The Labute approximate surface area is 106 Å². The number of alkyl halides is 3. The van der Waals surface area contributed by atoms with E-state index in [1.807, 2.05) is 0 Å². The lowest BCUT2D eigenvalue weighted by Gasteiger charge is -2.31. The van der Waals surface area contributed by atoms with Gasteiger partial charge in [-0.15, -0.1) is 0 Å². The molecule has 2 rings (SSSR count). The smallest absolute Gasteiger partial charge is 0.263 e. The fraction of sp³-hybridized carbons (Fsp3) is 0.455. The van der Waals surface area contributed by atoms with Crippen molar-refractivity contribution in [3.8, 4) is 0 Å². The third kappa shape index (κ3) is 2.45. The summed E-state index contributed by atoms with van der Waals surface area (Å²) >= 11 is 1.04. The normalized spacial score (nSPS) is 18.2. The van der Waals surface area contributed by atoms with Gasteiger partial charge in [-0.25, -0.2) is 0 Å². The highest BCUT2D eigenvalue weighted by Gasteiger charge is 2.50. The summed E-state index contributed by atoms with van der Waals surface area (Å²) in [5.41, 5.74) is -0.740. The Morgan fingerprint density at radius 3 is 2.11 bits per heavy atom. The molecule has 1 fully saturated rings. The molecule has 0 radical (unpaired) electrons. The molecule has 1 aliphatic rings. The SMILES string of the molecule is O=[N+]([O-])C1(Sc2ccc(C(F)(F)F)cc2)CCC1. The van der Waals surface area contributed by atoms with Gasteiger partial charge in [0, 0.05) is 22.7 Å². The van der Waals surface area contributed by atoms with Crippen LogP contribution in [0.1, 0.15) is 24.8 Å². The van der Waals surface area contributed by atoms with E-state index in [1.165, 1.54) is 12.1 Å². The molecule has 0 saturated heterocycles. The van der Waals surface area contributed by atoms with Gasteiger partial charge in [-0.05, 0) is 42.4 Å². The summed E-state index contributed by atoms with van der Waals surface area (Å²) in [6.45, 7) is 0. The zero-order valence-electron chi connectivity index (χ0n) is 9.24. The van der Waals surface area contributed by atoms with E-state index >= 15 is 0 Å². The molecule has 7 heteroatoms. The van der Waals surface area contributed by atoms with E-state index in [1.54, 1.807) is 0 Å². The van der Waals surface area contributed by atoms with Gasteiger partial charge in [0.25, 0.3) is 4.87 Å². The van der Waals surface area contributed by atoms with Crippen molar-refractivity contribution in [1.29, 1.82) is 0 Å². The molecule has 18 heavy (non-hydrogen) atoms. The Kier molecular flexibility index (Phi) is 3.27. The summed E-state index contributed by atoms with van der Waals surface area (Å²) in [5.74, 6) is 0. The standard InChI is InChI=1S/C11H10F3NO2S/c12-11(13,14)8-2-4-9(5-3-8)18-10(15(16)17)6-1-7-10/h2-5H,1,6-7H2. The van der Waals surface area contributed by atoms with Crippen molar-refractivity contribution in [2.45, 2.75) is 35.2 Å². The van der Waals surface area contributed by atoms with E-state index in [0.717, 1.165) is 30.3 Å². The summed E-state index contributed by atoms with van der Waals surface area (Å²) < 4.78 is 37.0. The molecule has 0 heterocycles. The lowest BCUT2D eigenvalue weighted by molar-refractivity contribution is -0.552. The van der Waals surface area contributed by atoms with E-state index in [-0.39, 0.29) is 4.92 Å². The van der Waals surface area contributed by atoms with Crippen molar-refractivity contribution in [3.05, 3.63) is 39.9 Å². The number of hydrogen-bond donors (Lipinski definition) is 0. The first kappa shape index (κ1) is 13.2. The van der Waals surface area contributed by atoms with Crippen LogP contribution < -0.4 is 0 Å². The quantitative estimate of drug-likeness (QED) is 0.477. The second-order valence-electron chi connectivity index (χ2n) is 4.18. The Morgan fingerprint density at radius 2 is 1.78 bits per heavy atom. The van der Waals surface area contributed by atoms with Gasteiger partial charge in [-0.2, -0.15) is 13.2 Å². The molecule has 0 atom stereocenters. The summed E-state index contributed by atoms with van der Waals surface area (Å²) in [7, 11) is 0. The minimum absolute atomic E-state index is 0.334. The minimum Gasteiger partial charge on any atom is -0.263 e. The Hall–Kier alpha value is -1.24. The lowest BCUT2D eigenvalue weighted by atomic mass is 9.93. The summed E-state index contributed by atoms with van der Waals surface area (Å²) in [4.78, 5) is 10.1. The van der Waals surface area contributed by atoms with E-state index in [9.17, 15) is 23.3 Å². The van der Waals surface area contributed by atoms with E-state index in [4.69, 9.17) is 0 Å². The van der Waals surface area contributed by atoms with Crippen LogP contribution in [0, 0.1) is 10.1 Å². The van der Waals surface area contributed by atoms with Gasteiger partial charge in [0.1, 0.15) is 0 Å². The van der Waals surface area contributed by atoms with Gasteiger partial charge in [0.15, 0.2) is 0 Å². The monoisotopic (exact) mass is 277 g/mol. The first-order chi connectivity index (χ1) is 8.33. The number of rotatable bonds is 3. The van der Waals surface area contributed by atoms with Crippen LogP contribution in [0.2, 0.25) is 0 Å². The van der Waals surface area contributed by atoms with E-state index in [0.29, 0.717) is 17.7 Å². The Morgan fingerprint density at radius 1 is 1.22 bits per heavy atom. The highest BCUT2D eigenvalue weighted by molar-refractivity contribution is 8.00. The number of benzene rings is 1. The van der Waals surface area contributed by atoms with Gasteiger partial charge in [-0.3, -0.25) is 10.1 Å². The average molecular weight is 277 g/mol. The highest BCUT2D eigenvalue weighted by Crippen LogP contribution is 2.48. The zero-order valence-corrected chi connectivity index (χ0v) is 10.1. The molecule has 0 spiro atoms. The Balaban J connectivity index is 2.14. The van der Waals surface area contributed by atoms with Crippen molar-refractivity contribution in [3.63, 3.8) is 0 Å². The molecule has 0 unspecified atom stereocenters. The number of nitro groups is 1. The van der Waals surface area contributed by atoms with Crippen LogP contribution in [-0.4, -0.2) is 9.79 Å². The van der Waals surface area contributed by atoms with Crippen LogP contribution >= 0.6 is 11.8 Å².